The van der Waals surface area contributed by atoms with Gasteiger partial charge in [0.15, 0.2) is 0 Å². The van der Waals surface area contributed by atoms with Gasteiger partial charge < -0.3 is 19.8 Å². The first-order chi connectivity index (χ1) is 8.05. The van der Waals surface area contributed by atoms with Gasteiger partial charge in [0.2, 0.25) is 0 Å². The highest BCUT2D eigenvalue weighted by molar-refractivity contribution is 4.88. The van der Waals surface area contributed by atoms with Gasteiger partial charge in [-0.25, -0.2) is 0 Å². The molecule has 2 N–H and O–H groups in total. The number of rotatable bonds is 3. The lowest BCUT2D eigenvalue weighted by atomic mass is 9.79. The van der Waals surface area contributed by atoms with Crippen molar-refractivity contribution in [3.63, 3.8) is 0 Å². The maximum absolute atomic E-state index is 9.92. The molecule has 0 bridgehead atoms. The van der Waals surface area contributed by atoms with Crippen LogP contribution >= 0.6 is 0 Å². The van der Waals surface area contributed by atoms with Crippen LogP contribution in [0.3, 0.4) is 0 Å². The van der Waals surface area contributed by atoms with Crippen molar-refractivity contribution in [1.29, 1.82) is 0 Å². The van der Waals surface area contributed by atoms with Gasteiger partial charge in [0.25, 0.3) is 0 Å². The summed E-state index contributed by atoms with van der Waals surface area (Å²) in [5.41, 5.74) is -0.458. The topological polar surface area (TPSA) is 52.9 Å². The Balaban J connectivity index is 1.87. The van der Waals surface area contributed by atoms with Gasteiger partial charge in [-0.15, -0.1) is 0 Å². The third-order valence-corrected chi connectivity index (χ3v) is 4.38. The Labute approximate surface area is 104 Å². The van der Waals surface area contributed by atoms with E-state index in [1.165, 1.54) is 0 Å². The molecule has 0 aliphatic carbocycles. The van der Waals surface area contributed by atoms with Crippen LogP contribution in [0.15, 0.2) is 0 Å². The number of ether oxygens (including phenoxy) is 1. The molecule has 0 spiro atoms. The summed E-state index contributed by atoms with van der Waals surface area (Å²) in [5.74, 6) is 0. The van der Waals surface area contributed by atoms with Crippen molar-refractivity contribution in [3.05, 3.63) is 0 Å². The van der Waals surface area contributed by atoms with Gasteiger partial charge in [0, 0.05) is 38.3 Å². The van der Waals surface area contributed by atoms with E-state index < -0.39 is 5.60 Å². The Morgan fingerprint density at radius 3 is 2.24 bits per heavy atom. The molecule has 0 aromatic carbocycles. The molecule has 2 aliphatic rings. The Morgan fingerprint density at radius 2 is 1.71 bits per heavy atom. The molecule has 0 aromatic heterocycles. The molecule has 0 amide bonds. The molecular weight excluding hydrogens is 218 g/mol. The van der Waals surface area contributed by atoms with Gasteiger partial charge in [-0.3, -0.25) is 0 Å². The number of hydrogen-bond acceptors (Lipinski definition) is 4. The lowest BCUT2D eigenvalue weighted by Gasteiger charge is -2.43. The van der Waals surface area contributed by atoms with Crippen LogP contribution in [0.4, 0.5) is 0 Å². The fraction of sp³-hybridized carbons (Fsp3) is 1.00. The average Bonchev–Trinajstić information content (AvgIpc) is 2.33. The van der Waals surface area contributed by atoms with Crippen molar-refractivity contribution in [1.82, 2.24) is 4.90 Å². The van der Waals surface area contributed by atoms with E-state index in [4.69, 9.17) is 4.74 Å². The molecule has 2 fully saturated rings. The third-order valence-electron chi connectivity index (χ3n) is 4.38. The zero-order chi connectivity index (χ0) is 12.4. The highest BCUT2D eigenvalue weighted by atomic mass is 16.5. The first-order valence-electron chi connectivity index (χ1n) is 6.69. The molecule has 100 valence electrons. The SMILES string of the molecule is CC1(O)CCN(CC2(CO)CCOCC2)CC1. The lowest BCUT2D eigenvalue weighted by molar-refractivity contribution is -0.0562. The predicted molar refractivity (Wildman–Crippen MR) is 65.9 cm³/mol. The summed E-state index contributed by atoms with van der Waals surface area (Å²) in [6.45, 7) is 6.54. The summed E-state index contributed by atoms with van der Waals surface area (Å²) in [6, 6.07) is 0. The fourth-order valence-electron chi connectivity index (χ4n) is 2.84. The van der Waals surface area contributed by atoms with E-state index in [1.54, 1.807) is 0 Å². The molecule has 2 rings (SSSR count). The smallest absolute Gasteiger partial charge is 0.0644 e. The monoisotopic (exact) mass is 243 g/mol. The van der Waals surface area contributed by atoms with Crippen LogP contribution in [0, 0.1) is 5.41 Å². The summed E-state index contributed by atoms with van der Waals surface area (Å²) >= 11 is 0. The lowest BCUT2D eigenvalue weighted by Crippen LogP contribution is -2.49. The van der Waals surface area contributed by atoms with Crippen LogP contribution in [0.2, 0.25) is 0 Å². The summed E-state index contributed by atoms with van der Waals surface area (Å²) in [4.78, 5) is 2.39. The number of piperidine rings is 1. The fourth-order valence-corrected chi connectivity index (χ4v) is 2.84. The Bertz CT molecular complexity index is 239. The van der Waals surface area contributed by atoms with E-state index in [1.807, 2.05) is 6.92 Å². The zero-order valence-corrected chi connectivity index (χ0v) is 10.8. The van der Waals surface area contributed by atoms with Crippen molar-refractivity contribution in [3.8, 4) is 0 Å². The van der Waals surface area contributed by atoms with E-state index in [9.17, 15) is 10.2 Å². The van der Waals surface area contributed by atoms with Gasteiger partial charge in [0.05, 0.1) is 12.2 Å². The van der Waals surface area contributed by atoms with Gasteiger partial charge in [-0.2, -0.15) is 0 Å². The Hall–Kier alpha value is -0.160. The molecule has 17 heavy (non-hydrogen) atoms. The summed E-state index contributed by atoms with van der Waals surface area (Å²) in [5, 5.41) is 19.6. The van der Waals surface area contributed by atoms with Gasteiger partial charge in [-0.05, 0) is 32.6 Å². The normalized spacial score (nSPS) is 29.1. The van der Waals surface area contributed by atoms with Crippen LogP contribution in [-0.4, -0.2) is 60.2 Å². The molecule has 0 radical (unpaired) electrons. The van der Waals surface area contributed by atoms with Crippen LogP contribution in [-0.2, 0) is 4.74 Å². The molecule has 2 aliphatic heterocycles. The van der Waals surface area contributed by atoms with Crippen molar-refractivity contribution >= 4 is 0 Å². The molecule has 4 nitrogen and oxygen atoms in total. The van der Waals surface area contributed by atoms with E-state index in [-0.39, 0.29) is 12.0 Å². The Kier molecular flexibility index (Phi) is 4.08. The van der Waals surface area contributed by atoms with Gasteiger partial charge in [-0.1, -0.05) is 0 Å². The summed E-state index contributed by atoms with van der Waals surface area (Å²) in [7, 11) is 0. The number of aliphatic hydroxyl groups excluding tert-OH is 1. The minimum atomic E-state index is -0.488. The van der Waals surface area contributed by atoms with Crippen molar-refractivity contribution in [2.45, 2.75) is 38.2 Å². The van der Waals surface area contributed by atoms with E-state index in [2.05, 4.69) is 4.90 Å². The quantitative estimate of drug-likeness (QED) is 0.763. The second kappa shape index (κ2) is 5.22. The van der Waals surface area contributed by atoms with Crippen LogP contribution in [0.1, 0.15) is 32.6 Å². The van der Waals surface area contributed by atoms with Crippen molar-refractivity contribution in [2.24, 2.45) is 5.41 Å². The first-order valence-corrected chi connectivity index (χ1v) is 6.69. The maximum atomic E-state index is 9.92. The second-order valence-electron chi connectivity index (χ2n) is 6.04. The van der Waals surface area contributed by atoms with Gasteiger partial charge >= 0.3 is 0 Å². The zero-order valence-electron chi connectivity index (χ0n) is 10.8. The van der Waals surface area contributed by atoms with E-state index in [0.717, 1.165) is 58.5 Å². The largest absolute Gasteiger partial charge is 0.396 e. The van der Waals surface area contributed by atoms with Crippen LogP contribution < -0.4 is 0 Å². The Morgan fingerprint density at radius 1 is 1.12 bits per heavy atom. The van der Waals surface area contributed by atoms with E-state index >= 15 is 0 Å². The first kappa shape index (κ1) is 13.3. The minimum absolute atomic E-state index is 0.0292. The van der Waals surface area contributed by atoms with E-state index in [0.29, 0.717) is 0 Å². The van der Waals surface area contributed by atoms with Crippen molar-refractivity contribution in [2.75, 3.05) is 39.5 Å². The average molecular weight is 243 g/mol. The highest BCUT2D eigenvalue weighted by Gasteiger charge is 2.36. The summed E-state index contributed by atoms with van der Waals surface area (Å²) in [6.07, 6.45) is 3.59. The summed E-state index contributed by atoms with van der Waals surface area (Å²) < 4.78 is 5.38. The molecular formula is C13H25NO3. The number of nitrogens with zero attached hydrogens (tertiary/aromatic N) is 1. The predicted octanol–water partition coefficient (Wildman–Crippen LogP) is 0.622. The standard InChI is InChI=1S/C13H25NO3/c1-12(16)2-6-14(7-3-12)10-13(11-15)4-8-17-9-5-13/h15-16H,2-11H2,1H3. The molecule has 0 atom stereocenters. The molecule has 2 heterocycles. The highest BCUT2D eigenvalue weighted by Crippen LogP contribution is 2.32. The number of likely N-dealkylation sites (tertiary alicyclic amines) is 1. The van der Waals surface area contributed by atoms with Crippen LogP contribution in [0.25, 0.3) is 0 Å². The molecule has 4 heteroatoms. The molecule has 0 unspecified atom stereocenters. The van der Waals surface area contributed by atoms with Crippen LogP contribution in [0.5, 0.6) is 0 Å². The maximum Gasteiger partial charge on any atom is 0.0644 e. The molecule has 2 saturated heterocycles. The minimum Gasteiger partial charge on any atom is -0.396 e. The number of hydrogen-bond donors (Lipinski definition) is 2. The molecule has 0 saturated carbocycles. The second-order valence-corrected chi connectivity index (χ2v) is 6.04. The number of aliphatic hydroxyl groups is 2. The molecule has 0 aromatic rings. The van der Waals surface area contributed by atoms with Gasteiger partial charge in [0.1, 0.15) is 0 Å². The third kappa shape index (κ3) is 3.41. The van der Waals surface area contributed by atoms with Crippen molar-refractivity contribution < 1.29 is 14.9 Å².